The summed E-state index contributed by atoms with van der Waals surface area (Å²) in [5.41, 5.74) is 1.78. The van der Waals surface area contributed by atoms with Gasteiger partial charge in [-0.3, -0.25) is 0 Å². The molecule has 1 heterocycles. The van der Waals surface area contributed by atoms with Crippen LogP contribution in [0.1, 0.15) is 18.4 Å². The van der Waals surface area contributed by atoms with E-state index in [1.165, 1.54) is 0 Å². The van der Waals surface area contributed by atoms with E-state index in [0.717, 1.165) is 25.1 Å². The Morgan fingerprint density at radius 2 is 2.13 bits per heavy atom. The minimum Gasteiger partial charge on any atom is -0.394 e. The van der Waals surface area contributed by atoms with Crippen LogP contribution in [0.2, 0.25) is 0 Å². The number of anilines is 1. The Morgan fingerprint density at radius 1 is 1.40 bits per heavy atom. The van der Waals surface area contributed by atoms with Gasteiger partial charge in [-0.2, -0.15) is 5.26 Å². The van der Waals surface area contributed by atoms with Crippen molar-refractivity contribution in [3.05, 3.63) is 29.8 Å². The van der Waals surface area contributed by atoms with Crippen LogP contribution in [0.3, 0.4) is 0 Å². The van der Waals surface area contributed by atoms with Crippen LogP contribution >= 0.6 is 0 Å². The van der Waals surface area contributed by atoms with E-state index in [-0.39, 0.29) is 12.6 Å². The van der Waals surface area contributed by atoms with Gasteiger partial charge in [0.2, 0.25) is 0 Å². The molecule has 15 heavy (non-hydrogen) atoms. The second-order valence-electron chi connectivity index (χ2n) is 3.83. The van der Waals surface area contributed by atoms with Crippen LogP contribution in [0.15, 0.2) is 24.3 Å². The number of aliphatic hydroxyl groups is 1. The summed E-state index contributed by atoms with van der Waals surface area (Å²) in [6, 6.07) is 9.90. The van der Waals surface area contributed by atoms with E-state index >= 15 is 0 Å². The van der Waals surface area contributed by atoms with E-state index in [9.17, 15) is 5.11 Å². The van der Waals surface area contributed by atoms with Crippen LogP contribution < -0.4 is 4.90 Å². The summed E-state index contributed by atoms with van der Waals surface area (Å²) in [6.45, 7) is 1.21. The predicted molar refractivity (Wildman–Crippen MR) is 58.6 cm³/mol. The molecule has 1 aromatic rings. The maximum atomic E-state index is 9.20. The van der Waals surface area contributed by atoms with E-state index < -0.39 is 0 Å². The van der Waals surface area contributed by atoms with Gasteiger partial charge < -0.3 is 10.0 Å². The Balaban J connectivity index is 2.19. The summed E-state index contributed by atoms with van der Waals surface area (Å²) in [5.74, 6) is 0. The fourth-order valence-corrected chi connectivity index (χ4v) is 2.09. The molecule has 1 aromatic carbocycles. The average Bonchev–Trinajstić information content (AvgIpc) is 2.77. The molecule has 1 aliphatic heterocycles. The number of hydrogen-bond acceptors (Lipinski definition) is 3. The molecule has 2 rings (SSSR count). The number of hydrogen-bond donors (Lipinski definition) is 1. The number of aliphatic hydroxyl groups excluding tert-OH is 1. The topological polar surface area (TPSA) is 47.3 Å². The quantitative estimate of drug-likeness (QED) is 0.791. The van der Waals surface area contributed by atoms with Crippen LogP contribution in [-0.4, -0.2) is 24.3 Å². The van der Waals surface area contributed by atoms with Gasteiger partial charge in [0.05, 0.1) is 24.3 Å². The lowest BCUT2D eigenvalue weighted by atomic mass is 10.2. The summed E-state index contributed by atoms with van der Waals surface area (Å²) in [6.07, 6.45) is 2.18. The summed E-state index contributed by atoms with van der Waals surface area (Å²) in [7, 11) is 0. The molecule has 1 unspecified atom stereocenters. The van der Waals surface area contributed by atoms with Gasteiger partial charge in [0.15, 0.2) is 0 Å². The smallest absolute Gasteiger partial charge is 0.0991 e. The van der Waals surface area contributed by atoms with E-state index in [2.05, 4.69) is 11.0 Å². The zero-order valence-corrected chi connectivity index (χ0v) is 8.56. The van der Waals surface area contributed by atoms with Gasteiger partial charge in [-0.25, -0.2) is 0 Å². The monoisotopic (exact) mass is 202 g/mol. The van der Waals surface area contributed by atoms with Gasteiger partial charge in [-0.05, 0) is 37.1 Å². The molecule has 0 aliphatic carbocycles. The highest BCUT2D eigenvalue weighted by molar-refractivity contribution is 5.51. The maximum Gasteiger partial charge on any atom is 0.0991 e. The lowest BCUT2D eigenvalue weighted by molar-refractivity contribution is 0.266. The number of nitrogens with zero attached hydrogens (tertiary/aromatic N) is 2. The van der Waals surface area contributed by atoms with E-state index in [0.29, 0.717) is 5.56 Å². The third kappa shape index (κ3) is 1.95. The summed E-state index contributed by atoms with van der Waals surface area (Å²) in [5, 5.41) is 17.9. The standard InChI is InChI=1S/C12H14N2O/c13-8-10-3-5-11(6-4-10)14-7-1-2-12(14)9-15/h3-6,12,15H,1-2,7,9H2. The molecule has 78 valence electrons. The van der Waals surface area contributed by atoms with E-state index in [4.69, 9.17) is 5.26 Å². The van der Waals surface area contributed by atoms with Crippen LogP contribution in [0.25, 0.3) is 0 Å². The van der Waals surface area contributed by atoms with Gasteiger partial charge >= 0.3 is 0 Å². The Kier molecular flexibility index (Phi) is 2.89. The SMILES string of the molecule is N#Cc1ccc(N2CCCC2CO)cc1. The molecule has 0 aromatic heterocycles. The Hall–Kier alpha value is -1.53. The zero-order valence-electron chi connectivity index (χ0n) is 8.56. The minimum atomic E-state index is 0.208. The summed E-state index contributed by atoms with van der Waals surface area (Å²) >= 11 is 0. The Bertz CT molecular complexity index is 366. The number of rotatable bonds is 2. The maximum absolute atomic E-state index is 9.20. The molecule has 0 amide bonds. The van der Waals surface area contributed by atoms with Crippen molar-refractivity contribution >= 4 is 5.69 Å². The molecule has 0 saturated carbocycles. The van der Waals surface area contributed by atoms with Crippen molar-refractivity contribution in [3.8, 4) is 6.07 Å². The van der Waals surface area contributed by atoms with Crippen LogP contribution in [0.4, 0.5) is 5.69 Å². The van der Waals surface area contributed by atoms with Crippen LogP contribution in [-0.2, 0) is 0 Å². The molecule has 1 saturated heterocycles. The molecule has 1 atom stereocenters. The van der Waals surface area contributed by atoms with Crippen LogP contribution in [0, 0.1) is 11.3 Å². The number of nitriles is 1. The average molecular weight is 202 g/mol. The van der Waals surface area contributed by atoms with E-state index in [1.807, 2.05) is 24.3 Å². The molecule has 3 nitrogen and oxygen atoms in total. The summed E-state index contributed by atoms with van der Waals surface area (Å²) < 4.78 is 0. The molecular weight excluding hydrogens is 188 g/mol. The van der Waals surface area contributed by atoms with Crippen molar-refractivity contribution in [1.82, 2.24) is 0 Å². The molecule has 1 N–H and O–H groups in total. The first-order valence-electron chi connectivity index (χ1n) is 5.23. The summed E-state index contributed by atoms with van der Waals surface area (Å²) in [4.78, 5) is 2.21. The van der Waals surface area contributed by atoms with Gasteiger partial charge in [-0.15, -0.1) is 0 Å². The third-order valence-corrected chi connectivity index (χ3v) is 2.92. The third-order valence-electron chi connectivity index (χ3n) is 2.92. The normalized spacial score (nSPS) is 20.3. The van der Waals surface area contributed by atoms with Gasteiger partial charge in [0, 0.05) is 12.2 Å². The highest BCUT2D eigenvalue weighted by Crippen LogP contribution is 2.25. The first-order valence-corrected chi connectivity index (χ1v) is 5.23. The highest BCUT2D eigenvalue weighted by atomic mass is 16.3. The lowest BCUT2D eigenvalue weighted by Crippen LogP contribution is -2.31. The zero-order chi connectivity index (χ0) is 10.7. The van der Waals surface area contributed by atoms with Crippen molar-refractivity contribution in [2.24, 2.45) is 0 Å². The van der Waals surface area contributed by atoms with E-state index in [1.54, 1.807) is 0 Å². The molecule has 0 bridgehead atoms. The fourth-order valence-electron chi connectivity index (χ4n) is 2.09. The van der Waals surface area contributed by atoms with Crippen LogP contribution in [0.5, 0.6) is 0 Å². The predicted octanol–water partition coefficient (Wildman–Crippen LogP) is 1.52. The van der Waals surface area contributed by atoms with Crippen molar-refractivity contribution in [2.45, 2.75) is 18.9 Å². The first kappa shape index (κ1) is 10.0. The van der Waals surface area contributed by atoms with Crippen molar-refractivity contribution in [2.75, 3.05) is 18.1 Å². The minimum absolute atomic E-state index is 0.208. The van der Waals surface area contributed by atoms with Gasteiger partial charge in [0.1, 0.15) is 0 Å². The highest BCUT2D eigenvalue weighted by Gasteiger charge is 2.23. The largest absolute Gasteiger partial charge is 0.394 e. The van der Waals surface area contributed by atoms with Gasteiger partial charge in [-0.1, -0.05) is 0 Å². The Morgan fingerprint density at radius 3 is 2.73 bits per heavy atom. The molecule has 1 aliphatic rings. The number of benzene rings is 1. The molecule has 0 spiro atoms. The lowest BCUT2D eigenvalue weighted by Gasteiger charge is -2.25. The van der Waals surface area contributed by atoms with Crippen molar-refractivity contribution in [1.29, 1.82) is 5.26 Å². The molecule has 0 radical (unpaired) electrons. The van der Waals surface area contributed by atoms with Gasteiger partial charge in [0.25, 0.3) is 0 Å². The van der Waals surface area contributed by atoms with Crippen molar-refractivity contribution < 1.29 is 5.11 Å². The second kappa shape index (κ2) is 4.33. The molecule has 1 fully saturated rings. The second-order valence-corrected chi connectivity index (χ2v) is 3.83. The Labute approximate surface area is 89.6 Å². The van der Waals surface area contributed by atoms with Crippen molar-refractivity contribution in [3.63, 3.8) is 0 Å². The first-order chi connectivity index (χ1) is 7.35. The molecular formula is C12H14N2O. The fraction of sp³-hybridized carbons (Fsp3) is 0.417. The molecule has 3 heteroatoms.